The molecule has 1 aromatic heterocycles. The van der Waals surface area contributed by atoms with Gasteiger partial charge in [0.05, 0.1) is 17.6 Å². The summed E-state index contributed by atoms with van der Waals surface area (Å²) in [6.07, 6.45) is 1.74. The maximum absolute atomic E-state index is 11.6. The van der Waals surface area contributed by atoms with E-state index in [2.05, 4.69) is 51.6 Å². The van der Waals surface area contributed by atoms with Crippen molar-refractivity contribution in [1.29, 1.82) is 0 Å². The molecule has 0 saturated carbocycles. The van der Waals surface area contributed by atoms with Crippen LogP contribution in [-0.4, -0.2) is 45.3 Å². The molecule has 6 nitrogen and oxygen atoms in total. The number of hydrogen-bond acceptors (Lipinski definition) is 5. The van der Waals surface area contributed by atoms with Crippen molar-refractivity contribution >= 4 is 27.2 Å². The molecule has 0 atom stereocenters. The maximum Gasteiger partial charge on any atom is 0.233 e. The predicted octanol–water partition coefficient (Wildman–Crippen LogP) is 2.79. The normalized spacial score (nSPS) is 15.2. The molecular formula is C19H26N4O2S. The summed E-state index contributed by atoms with van der Waals surface area (Å²) in [5.74, 6) is 0.404. The van der Waals surface area contributed by atoms with Gasteiger partial charge in [0.15, 0.2) is 0 Å². The van der Waals surface area contributed by atoms with Crippen LogP contribution in [0.4, 0.5) is 17.2 Å². The minimum atomic E-state index is -3.29. The van der Waals surface area contributed by atoms with E-state index in [1.54, 1.807) is 19.2 Å². The van der Waals surface area contributed by atoms with Gasteiger partial charge in [0.2, 0.25) is 10.0 Å². The summed E-state index contributed by atoms with van der Waals surface area (Å²) in [4.78, 5) is 8.96. The molecule has 7 heteroatoms. The molecule has 1 aromatic carbocycles. The Morgan fingerprint density at radius 2 is 1.73 bits per heavy atom. The lowest BCUT2D eigenvalue weighted by Crippen LogP contribution is -2.46. The third-order valence-corrected chi connectivity index (χ3v) is 6.23. The first-order valence-corrected chi connectivity index (χ1v) is 10.6. The van der Waals surface area contributed by atoms with E-state index in [4.69, 9.17) is 0 Å². The zero-order chi connectivity index (χ0) is 18.7. The number of aryl methyl sites for hydroxylation is 1. The number of aromatic nitrogens is 1. The van der Waals surface area contributed by atoms with Crippen LogP contribution < -0.4 is 14.5 Å². The quantitative estimate of drug-likeness (QED) is 0.872. The zero-order valence-electron chi connectivity index (χ0n) is 15.6. The summed E-state index contributed by atoms with van der Waals surface area (Å²) in [5, 5.41) is 0. The summed E-state index contributed by atoms with van der Waals surface area (Å²) < 4.78 is 25.7. The van der Waals surface area contributed by atoms with Gasteiger partial charge in [-0.1, -0.05) is 12.1 Å². The van der Waals surface area contributed by atoms with E-state index in [0.29, 0.717) is 5.82 Å². The van der Waals surface area contributed by atoms with E-state index in [1.807, 2.05) is 6.07 Å². The van der Waals surface area contributed by atoms with Crippen LogP contribution in [-0.2, 0) is 10.0 Å². The van der Waals surface area contributed by atoms with Crippen LogP contribution in [0.5, 0.6) is 0 Å². The monoisotopic (exact) mass is 374 g/mol. The van der Waals surface area contributed by atoms with Crippen LogP contribution in [0.3, 0.4) is 0 Å². The first kappa shape index (κ1) is 18.5. The Labute approximate surface area is 155 Å². The highest BCUT2D eigenvalue weighted by atomic mass is 32.2. The number of hydrogen-bond donors (Lipinski definition) is 1. The summed E-state index contributed by atoms with van der Waals surface area (Å²) in [7, 11) is -3.29. The lowest BCUT2D eigenvalue weighted by Gasteiger charge is -2.38. The average Bonchev–Trinajstić information content (AvgIpc) is 2.65. The van der Waals surface area contributed by atoms with Crippen molar-refractivity contribution < 1.29 is 8.42 Å². The van der Waals surface area contributed by atoms with Crippen molar-refractivity contribution in [2.75, 3.05) is 46.5 Å². The van der Waals surface area contributed by atoms with Gasteiger partial charge in [-0.05, 0) is 50.1 Å². The van der Waals surface area contributed by atoms with Crippen LogP contribution in [0.15, 0.2) is 36.5 Å². The molecule has 0 unspecified atom stereocenters. The molecule has 0 amide bonds. The molecule has 26 heavy (non-hydrogen) atoms. The van der Waals surface area contributed by atoms with E-state index in [1.165, 1.54) is 16.8 Å². The smallest absolute Gasteiger partial charge is 0.233 e. The third-order valence-electron chi connectivity index (χ3n) is 4.95. The SMILES string of the molecule is CCS(=O)(=O)Nc1ccc(N2CCN(c3cccc(C)c3C)CC2)cn1. The number of piperazine rings is 1. The number of sulfonamides is 1. The highest BCUT2D eigenvalue weighted by molar-refractivity contribution is 7.92. The highest BCUT2D eigenvalue weighted by Crippen LogP contribution is 2.25. The van der Waals surface area contributed by atoms with Crippen LogP contribution in [0, 0.1) is 13.8 Å². The van der Waals surface area contributed by atoms with Gasteiger partial charge >= 0.3 is 0 Å². The first-order valence-electron chi connectivity index (χ1n) is 8.92. The van der Waals surface area contributed by atoms with Crippen LogP contribution in [0.25, 0.3) is 0 Å². The number of anilines is 3. The topological polar surface area (TPSA) is 65.5 Å². The average molecular weight is 375 g/mol. The molecule has 2 aromatic rings. The maximum atomic E-state index is 11.6. The van der Waals surface area contributed by atoms with Crippen molar-refractivity contribution in [1.82, 2.24) is 4.98 Å². The van der Waals surface area contributed by atoms with Crippen LogP contribution >= 0.6 is 0 Å². The second-order valence-electron chi connectivity index (χ2n) is 6.60. The van der Waals surface area contributed by atoms with Gasteiger partial charge in [0.25, 0.3) is 0 Å². The number of pyridine rings is 1. The largest absolute Gasteiger partial charge is 0.368 e. The second kappa shape index (κ2) is 7.53. The van der Waals surface area contributed by atoms with Gasteiger partial charge in [0, 0.05) is 31.9 Å². The molecular weight excluding hydrogens is 348 g/mol. The molecule has 1 aliphatic rings. The molecule has 1 fully saturated rings. The predicted molar refractivity (Wildman–Crippen MR) is 108 cm³/mol. The van der Waals surface area contributed by atoms with Gasteiger partial charge in [-0.3, -0.25) is 4.72 Å². The zero-order valence-corrected chi connectivity index (χ0v) is 16.4. The lowest BCUT2D eigenvalue weighted by atomic mass is 10.1. The van der Waals surface area contributed by atoms with Gasteiger partial charge < -0.3 is 9.80 Å². The van der Waals surface area contributed by atoms with E-state index in [9.17, 15) is 8.42 Å². The minimum Gasteiger partial charge on any atom is -0.368 e. The fourth-order valence-corrected chi connectivity index (χ4v) is 3.73. The minimum absolute atomic E-state index is 0.0385. The summed E-state index contributed by atoms with van der Waals surface area (Å²) in [6.45, 7) is 9.66. The van der Waals surface area contributed by atoms with Crippen LogP contribution in [0.2, 0.25) is 0 Å². The number of nitrogens with zero attached hydrogens (tertiary/aromatic N) is 3. The molecule has 0 spiro atoms. The van der Waals surface area contributed by atoms with Crippen molar-refractivity contribution in [3.8, 4) is 0 Å². The van der Waals surface area contributed by atoms with E-state index >= 15 is 0 Å². The Kier molecular flexibility index (Phi) is 5.36. The van der Waals surface area contributed by atoms with Gasteiger partial charge in [0.1, 0.15) is 5.82 Å². The van der Waals surface area contributed by atoms with E-state index < -0.39 is 10.0 Å². The third kappa shape index (κ3) is 4.09. The molecule has 0 bridgehead atoms. The number of rotatable bonds is 5. The molecule has 0 radical (unpaired) electrons. The fourth-order valence-electron chi connectivity index (χ4n) is 3.15. The molecule has 3 rings (SSSR count). The Balaban J connectivity index is 1.64. The molecule has 0 aliphatic carbocycles. The van der Waals surface area contributed by atoms with Crippen molar-refractivity contribution in [2.24, 2.45) is 0 Å². The molecule has 1 N–H and O–H groups in total. The van der Waals surface area contributed by atoms with E-state index in [-0.39, 0.29) is 5.75 Å². The Morgan fingerprint density at radius 3 is 2.35 bits per heavy atom. The first-order chi connectivity index (χ1) is 12.4. The molecule has 140 valence electrons. The Morgan fingerprint density at radius 1 is 1.04 bits per heavy atom. The number of nitrogens with one attached hydrogen (secondary N) is 1. The fraction of sp³-hybridized carbons (Fsp3) is 0.421. The van der Waals surface area contributed by atoms with Crippen molar-refractivity contribution in [2.45, 2.75) is 20.8 Å². The van der Waals surface area contributed by atoms with Crippen LogP contribution in [0.1, 0.15) is 18.1 Å². The lowest BCUT2D eigenvalue weighted by molar-refractivity contribution is 0.602. The molecule has 1 saturated heterocycles. The van der Waals surface area contributed by atoms with Gasteiger partial charge in [-0.2, -0.15) is 0 Å². The summed E-state index contributed by atoms with van der Waals surface area (Å²) in [6, 6.07) is 10.1. The molecule has 2 heterocycles. The molecule has 1 aliphatic heterocycles. The van der Waals surface area contributed by atoms with Crippen molar-refractivity contribution in [3.05, 3.63) is 47.7 Å². The van der Waals surface area contributed by atoms with E-state index in [0.717, 1.165) is 31.9 Å². The summed E-state index contributed by atoms with van der Waals surface area (Å²) in [5.41, 5.74) is 4.99. The highest BCUT2D eigenvalue weighted by Gasteiger charge is 2.19. The Hall–Kier alpha value is -2.28. The second-order valence-corrected chi connectivity index (χ2v) is 8.61. The number of benzene rings is 1. The van der Waals surface area contributed by atoms with Gasteiger partial charge in [-0.25, -0.2) is 13.4 Å². The van der Waals surface area contributed by atoms with Crippen molar-refractivity contribution in [3.63, 3.8) is 0 Å². The van der Waals surface area contributed by atoms with Gasteiger partial charge in [-0.15, -0.1) is 0 Å². The Bertz CT molecular complexity index is 858. The summed E-state index contributed by atoms with van der Waals surface area (Å²) >= 11 is 0. The standard InChI is InChI=1S/C19H26N4O2S/c1-4-26(24,25)21-19-9-8-17(14-20-19)22-10-12-23(13-11-22)18-7-5-6-15(2)16(18)3/h5-9,14H,4,10-13H2,1-3H3,(H,20,21).